The lowest BCUT2D eigenvalue weighted by Gasteiger charge is -2.32. The van der Waals surface area contributed by atoms with Crippen LogP contribution in [0.5, 0.6) is 0 Å². The van der Waals surface area contributed by atoms with Gasteiger partial charge in [0.05, 0.1) is 0 Å². The molecule has 2 atom stereocenters. The normalized spacial score (nSPS) is 25.2. The summed E-state index contributed by atoms with van der Waals surface area (Å²) >= 11 is 0. The number of rotatable bonds is 4. The Hall–Kier alpha value is -0.830. The highest BCUT2D eigenvalue weighted by molar-refractivity contribution is 5.79. The summed E-state index contributed by atoms with van der Waals surface area (Å²) in [5.74, 6) is 0.773. The van der Waals surface area contributed by atoms with Crippen molar-refractivity contribution in [2.24, 2.45) is 17.6 Å². The summed E-state index contributed by atoms with van der Waals surface area (Å²) in [5, 5.41) is 0. The Morgan fingerprint density at radius 2 is 2.06 bits per heavy atom. The summed E-state index contributed by atoms with van der Waals surface area (Å²) in [7, 11) is 1.86. The van der Waals surface area contributed by atoms with E-state index in [1.807, 2.05) is 14.0 Å². The maximum atomic E-state index is 12.2. The second kappa shape index (κ2) is 6.04. The molecule has 0 saturated heterocycles. The largest absolute Gasteiger partial charge is 0.342 e. The number of hydrogen-bond donors (Lipinski definition) is 1. The maximum Gasteiger partial charge on any atom is 0.226 e. The molecule has 0 aromatic heterocycles. The first-order valence-corrected chi connectivity index (χ1v) is 6.15. The van der Waals surface area contributed by atoms with E-state index in [0.29, 0.717) is 19.0 Å². The molecule has 0 aliphatic heterocycles. The minimum Gasteiger partial charge on any atom is -0.342 e. The summed E-state index contributed by atoms with van der Waals surface area (Å²) in [6.07, 6.45) is 4.48. The van der Waals surface area contributed by atoms with E-state index in [1.165, 1.54) is 6.42 Å². The molecule has 0 heterocycles. The molecular weight excluding hydrogens is 200 g/mol. The van der Waals surface area contributed by atoms with Crippen molar-refractivity contribution in [3.8, 4) is 0 Å². The van der Waals surface area contributed by atoms with Gasteiger partial charge in [-0.2, -0.15) is 0 Å². The second-order valence-electron chi connectivity index (χ2n) is 5.04. The Bertz CT molecular complexity index is 263. The fourth-order valence-corrected chi connectivity index (χ4v) is 2.58. The molecule has 3 heteroatoms. The summed E-state index contributed by atoms with van der Waals surface area (Å²) in [6, 6.07) is 0. The summed E-state index contributed by atoms with van der Waals surface area (Å²) in [4.78, 5) is 14.0. The van der Waals surface area contributed by atoms with Gasteiger partial charge in [0.2, 0.25) is 5.91 Å². The summed E-state index contributed by atoms with van der Waals surface area (Å²) < 4.78 is 0. The molecule has 0 spiro atoms. The first-order valence-electron chi connectivity index (χ1n) is 6.15. The molecule has 16 heavy (non-hydrogen) atoms. The van der Waals surface area contributed by atoms with Gasteiger partial charge in [-0.1, -0.05) is 25.0 Å². The summed E-state index contributed by atoms with van der Waals surface area (Å²) in [5.41, 5.74) is 6.77. The minimum atomic E-state index is 0.142. The molecular formula is C13H24N2O. The van der Waals surface area contributed by atoms with Crippen molar-refractivity contribution in [1.29, 1.82) is 0 Å². The van der Waals surface area contributed by atoms with E-state index in [0.717, 1.165) is 24.8 Å². The van der Waals surface area contributed by atoms with Crippen molar-refractivity contribution in [1.82, 2.24) is 4.90 Å². The third kappa shape index (κ3) is 3.34. The van der Waals surface area contributed by atoms with Crippen LogP contribution >= 0.6 is 0 Å². The van der Waals surface area contributed by atoms with Gasteiger partial charge in [-0.25, -0.2) is 0 Å². The van der Waals surface area contributed by atoms with Gasteiger partial charge in [-0.05, 0) is 32.2 Å². The molecule has 0 bridgehead atoms. The maximum absolute atomic E-state index is 12.2. The number of nitrogens with two attached hydrogens (primary N) is 1. The van der Waals surface area contributed by atoms with Crippen molar-refractivity contribution in [3.05, 3.63) is 12.2 Å². The van der Waals surface area contributed by atoms with Crippen LogP contribution in [-0.2, 0) is 4.79 Å². The van der Waals surface area contributed by atoms with Crippen molar-refractivity contribution in [2.45, 2.75) is 32.6 Å². The van der Waals surface area contributed by atoms with Gasteiger partial charge >= 0.3 is 0 Å². The summed E-state index contributed by atoms with van der Waals surface area (Å²) in [6.45, 7) is 7.09. The monoisotopic (exact) mass is 224 g/mol. The van der Waals surface area contributed by atoms with Gasteiger partial charge in [0, 0.05) is 19.5 Å². The third-order valence-corrected chi connectivity index (χ3v) is 3.41. The van der Waals surface area contributed by atoms with Crippen molar-refractivity contribution in [2.75, 3.05) is 20.1 Å². The van der Waals surface area contributed by atoms with Gasteiger partial charge < -0.3 is 10.6 Å². The van der Waals surface area contributed by atoms with Crippen LogP contribution in [0.2, 0.25) is 0 Å². The zero-order valence-electron chi connectivity index (χ0n) is 10.5. The Morgan fingerprint density at radius 1 is 1.44 bits per heavy atom. The lowest BCUT2D eigenvalue weighted by atomic mass is 9.78. The van der Waals surface area contributed by atoms with E-state index in [9.17, 15) is 4.79 Å². The van der Waals surface area contributed by atoms with E-state index < -0.39 is 0 Å². The quantitative estimate of drug-likeness (QED) is 0.740. The van der Waals surface area contributed by atoms with Crippen LogP contribution in [0.25, 0.3) is 0 Å². The molecule has 0 aromatic rings. The minimum absolute atomic E-state index is 0.142. The highest BCUT2D eigenvalue weighted by Crippen LogP contribution is 2.30. The molecule has 1 aliphatic rings. The van der Waals surface area contributed by atoms with Crippen molar-refractivity contribution in [3.63, 3.8) is 0 Å². The average Bonchev–Trinajstić information content (AvgIpc) is 2.27. The molecule has 0 radical (unpaired) electrons. The van der Waals surface area contributed by atoms with Crippen LogP contribution < -0.4 is 5.73 Å². The average molecular weight is 224 g/mol. The van der Waals surface area contributed by atoms with Gasteiger partial charge in [0.1, 0.15) is 0 Å². The Kier molecular flexibility index (Phi) is 5.00. The zero-order chi connectivity index (χ0) is 12.1. The number of likely N-dealkylation sites (N-methyl/N-ethyl adjacent to an activating group) is 1. The lowest BCUT2D eigenvalue weighted by molar-refractivity contribution is -0.136. The van der Waals surface area contributed by atoms with Crippen LogP contribution in [0, 0.1) is 11.8 Å². The molecule has 0 aromatic carbocycles. The van der Waals surface area contributed by atoms with Gasteiger partial charge in [-0.15, -0.1) is 0 Å². The van der Waals surface area contributed by atoms with Crippen molar-refractivity contribution >= 4 is 5.91 Å². The van der Waals surface area contributed by atoms with Gasteiger partial charge in [0.15, 0.2) is 0 Å². The van der Waals surface area contributed by atoms with Crippen molar-refractivity contribution < 1.29 is 4.79 Å². The molecule has 2 unspecified atom stereocenters. The van der Waals surface area contributed by atoms with E-state index in [2.05, 4.69) is 6.58 Å². The number of nitrogens with zero attached hydrogens (tertiary/aromatic N) is 1. The number of carbonyl (C=O) groups excluding carboxylic acids is 1. The third-order valence-electron chi connectivity index (χ3n) is 3.41. The zero-order valence-corrected chi connectivity index (χ0v) is 10.5. The molecule has 2 N–H and O–H groups in total. The van der Waals surface area contributed by atoms with Gasteiger partial charge in [0.25, 0.3) is 0 Å². The predicted octanol–water partition coefficient (Wildman–Crippen LogP) is 1.79. The highest BCUT2D eigenvalue weighted by Gasteiger charge is 2.31. The Morgan fingerprint density at radius 3 is 2.62 bits per heavy atom. The first kappa shape index (κ1) is 13.2. The number of carbonyl (C=O) groups is 1. The van der Waals surface area contributed by atoms with E-state index in [4.69, 9.17) is 5.73 Å². The van der Waals surface area contributed by atoms with Gasteiger partial charge in [-0.3, -0.25) is 4.79 Å². The molecule has 1 amide bonds. The molecule has 92 valence electrons. The van der Waals surface area contributed by atoms with Crippen LogP contribution in [0.1, 0.15) is 32.6 Å². The lowest BCUT2D eigenvalue weighted by Crippen LogP contribution is -2.41. The fourth-order valence-electron chi connectivity index (χ4n) is 2.58. The fraction of sp³-hybridized carbons (Fsp3) is 0.769. The van der Waals surface area contributed by atoms with E-state index in [-0.39, 0.29) is 11.8 Å². The standard InChI is InChI=1S/C13H24N2O/c1-10(2)9-15(3)13(16)12-7-5-4-6-11(12)8-14/h11-12H,1,4-9,14H2,2-3H3. The Balaban J connectivity index is 2.59. The predicted molar refractivity (Wildman–Crippen MR) is 67.0 cm³/mol. The second-order valence-corrected chi connectivity index (χ2v) is 5.04. The smallest absolute Gasteiger partial charge is 0.226 e. The molecule has 3 nitrogen and oxygen atoms in total. The number of amides is 1. The van der Waals surface area contributed by atoms with Crippen LogP contribution in [-0.4, -0.2) is 30.9 Å². The molecule has 1 rings (SSSR count). The molecule has 1 saturated carbocycles. The SMILES string of the molecule is C=C(C)CN(C)C(=O)C1CCCCC1CN. The number of hydrogen-bond acceptors (Lipinski definition) is 2. The van der Waals surface area contributed by atoms with Crippen LogP contribution in [0.4, 0.5) is 0 Å². The van der Waals surface area contributed by atoms with Crippen LogP contribution in [0.3, 0.4) is 0 Å². The Labute approximate surface area is 98.7 Å². The van der Waals surface area contributed by atoms with E-state index in [1.54, 1.807) is 4.90 Å². The van der Waals surface area contributed by atoms with Crippen LogP contribution in [0.15, 0.2) is 12.2 Å². The molecule has 1 aliphatic carbocycles. The topological polar surface area (TPSA) is 46.3 Å². The molecule has 1 fully saturated rings. The highest BCUT2D eigenvalue weighted by atomic mass is 16.2. The first-order chi connectivity index (χ1) is 7.56. The van der Waals surface area contributed by atoms with E-state index >= 15 is 0 Å².